The normalized spacial score (nSPS) is 10.3. The molecule has 7 nitrogen and oxygen atoms in total. The van der Waals surface area contributed by atoms with Crippen LogP contribution in [-0.2, 0) is 12.8 Å². The first kappa shape index (κ1) is 16.4. The van der Waals surface area contributed by atoms with Crippen LogP contribution in [0.2, 0.25) is 0 Å². The highest BCUT2D eigenvalue weighted by Crippen LogP contribution is 2.32. The number of rotatable bonds is 6. The molecule has 0 N–H and O–H groups in total. The Bertz CT molecular complexity index is 695. The van der Waals surface area contributed by atoms with Gasteiger partial charge in [-0.25, -0.2) is 0 Å². The van der Waals surface area contributed by atoms with Gasteiger partial charge in [0.2, 0.25) is 0 Å². The number of hydrogen-bond donors (Lipinski definition) is 0. The van der Waals surface area contributed by atoms with Crippen LogP contribution >= 0.6 is 0 Å². The van der Waals surface area contributed by atoms with Crippen LogP contribution < -0.4 is 4.74 Å². The van der Waals surface area contributed by atoms with E-state index in [0.717, 1.165) is 0 Å². The van der Waals surface area contributed by atoms with Crippen LogP contribution in [0.4, 0.5) is 11.4 Å². The molecule has 0 spiro atoms. The third kappa shape index (κ3) is 3.63. The van der Waals surface area contributed by atoms with Crippen LogP contribution in [-0.4, -0.2) is 9.85 Å². The van der Waals surface area contributed by atoms with Gasteiger partial charge in [-0.1, -0.05) is 13.8 Å². The van der Waals surface area contributed by atoms with Crippen LogP contribution in [0.3, 0.4) is 0 Å². The summed E-state index contributed by atoms with van der Waals surface area (Å²) >= 11 is 0. The van der Waals surface area contributed by atoms with E-state index >= 15 is 0 Å². The summed E-state index contributed by atoms with van der Waals surface area (Å²) in [7, 11) is 0. The first-order chi connectivity index (χ1) is 11.0. The molecular formula is C16H16N2O5. The summed E-state index contributed by atoms with van der Waals surface area (Å²) in [6.45, 7) is 3.75. The molecule has 0 atom stereocenters. The van der Waals surface area contributed by atoms with Gasteiger partial charge < -0.3 is 4.74 Å². The largest absolute Gasteiger partial charge is 0.457 e. The molecule has 0 radical (unpaired) electrons. The second-order valence-corrected chi connectivity index (χ2v) is 4.91. The van der Waals surface area contributed by atoms with Gasteiger partial charge in [0.05, 0.1) is 9.85 Å². The number of ether oxygens (including phenoxy) is 1. The number of aryl methyl sites for hydroxylation is 2. The van der Waals surface area contributed by atoms with E-state index in [-0.39, 0.29) is 11.4 Å². The highest BCUT2D eigenvalue weighted by molar-refractivity contribution is 5.49. The average molecular weight is 316 g/mol. The molecule has 2 rings (SSSR count). The molecular weight excluding hydrogens is 300 g/mol. The molecule has 0 unspecified atom stereocenters. The smallest absolute Gasteiger partial charge is 0.269 e. The predicted molar refractivity (Wildman–Crippen MR) is 85.0 cm³/mol. The van der Waals surface area contributed by atoms with E-state index in [2.05, 4.69) is 0 Å². The Kier molecular flexibility index (Phi) is 4.90. The molecule has 0 saturated heterocycles. The summed E-state index contributed by atoms with van der Waals surface area (Å²) in [5, 5.41) is 21.7. The van der Waals surface area contributed by atoms with Crippen molar-refractivity contribution >= 4 is 11.4 Å². The zero-order valence-electron chi connectivity index (χ0n) is 12.8. The molecule has 0 aliphatic heterocycles. The van der Waals surface area contributed by atoms with Gasteiger partial charge >= 0.3 is 0 Å². The molecule has 23 heavy (non-hydrogen) atoms. The minimum Gasteiger partial charge on any atom is -0.457 e. The molecule has 0 fully saturated rings. The molecule has 7 heteroatoms. The Morgan fingerprint density at radius 1 is 0.826 bits per heavy atom. The van der Waals surface area contributed by atoms with Gasteiger partial charge in [0.15, 0.2) is 0 Å². The zero-order chi connectivity index (χ0) is 17.0. The summed E-state index contributed by atoms with van der Waals surface area (Å²) in [5.74, 6) is 1.03. The zero-order valence-corrected chi connectivity index (χ0v) is 12.8. The minimum absolute atomic E-state index is 0.00798. The van der Waals surface area contributed by atoms with Crippen molar-refractivity contribution in [3.05, 3.63) is 67.8 Å². The lowest BCUT2D eigenvalue weighted by Crippen LogP contribution is -1.97. The van der Waals surface area contributed by atoms with Crippen molar-refractivity contribution in [3.8, 4) is 11.5 Å². The van der Waals surface area contributed by atoms with Crippen LogP contribution in [0, 0.1) is 20.2 Å². The molecule has 2 aromatic carbocycles. The third-order valence-corrected chi connectivity index (χ3v) is 3.49. The van der Waals surface area contributed by atoms with E-state index in [4.69, 9.17) is 4.74 Å². The van der Waals surface area contributed by atoms with Crippen molar-refractivity contribution in [2.24, 2.45) is 0 Å². The summed E-state index contributed by atoms with van der Waals surface area (Å²) in [6, 6.07) is 8.82. The first-order valence-electron chi connectivity index (χ1n) is 7.18. The number of nitro groups is 2. The SMILES string of the molecule is CCc1cc([N+](=O)[O-])ccc1Oc1ccc([N+](=O)[O-])cc1CC. The monoisotopic (exact) mass is 316 g/mol. The van der Waals surface area contributed by atoms with Crippen molar-refractivity contribution in [1.29, 1.82) is 0 Å². The standard InChI is InChI=1S/C16H16N2O5/c1-3-11-9-13(17(19)20)5-7-15(11)23-16-8-6-14(18(21)22)10-12(16)4-2/h5-10H,3-4H2,1-2H3. The highest BCUT2D eigenvalue weighted by atomic mass is 16.6. The van der Waals surface area contributed by atoms with E-state index in [9.17, 15) is 20.2 Å². The van der Waals surface area contributed by atoms with Crippen molar-refractivity contribution in [1.82, 2.24) is 0 Å². The number of hydrogen-bond acceptors (Lipinski definition) is 5. The number of non-ortho nitro benzene ring substituents is 2. The van der Waals surface area contributed by atoms with Crippen molar-refractivity contribution in [2.75, 3.05) is 0 Å². The maximum atomic E-state index is 10.8. The van der Waals surface area contributed by atoms with Crippen LogP contribution in [0.25, 0.3) is 0 Å². The molecule has 2 aromatic rings. The Balaban J connectivity index is 2.39. The summed E-state index contributed by atoms with van der Waals surface area (Å²) in [4.78, 5) is 20.8. The van der Waals surface area contributed by atoms with Crippen LogP contribution in [0.5, 0.6) is 11.5 Å². The van der Waals surface area contributed by atoms with Crippen LogP contribution in [0.1, 0.15) is 25.0 Å². The summed E-state index contributed by atoms with van der Waals surface area (Å²) in [5.41, 5.74) is 1.43. The molecule has 0 aliphatic carbocycles. The lowest BCUT2D eigenvalue weighted by molar-refractivity contribution is -0.385. The fraction of sp³-hybridized carbons (Fsp3) is 0.250. The molecule has 0 amide bonds. The number of benzene rings is 2. The topological polar surface area (TPSA) is 95.5 Å². The Morgan fingerprint density at radius 3 is 1.52 bits per heavy atom. The molecule has 0 heterocycles. The maximum absolute atomic E-state index is 10.8. The van der Waals surface area contributed by atoms with Gasteiger partial charge in [-0.15, -0.1) is 0 Å². The van der Waals surface area contributed by atoms with Gasteiger partial charge in [0.25, 0.3) is 11.4 Å². The Labute approximate surface area is 132 Å². The van der Waals surface area contributed by atoms with Gasteiger partial charge in [-0.2, -0.15) is 0 Å². The average Bonchev–Trinajstić information content (AvgIpc) is 2.55. The van der Waals surface area contributed by atoms with E-state index in [1.165, 1.54) is 24.3 Å². The molecule has 0 saturated carbocycles. The second-order valence-electron chi connectivity index (χ2n) is 4.91. The summed E-state index contributed by atoms with van der Waals surface area (Å²) in [6.07, 6.45) is 1.15. The van der Waals surface area contributed by atoms with Crippen molar-refractivity contribution in [2.45, 2.75) is 26.7 Å². The number of nitro benzene ring substituents is 2. The Hall–Kier alpha value is -2.96. The van der Waals surface area contributed by atoms with Gasteiger partial charge in [0.1, 0.15) is 11.5 Å². The molecule has 0 aromatic heterocycles. The maximum Gasteiger partial charge on any atom is 0.269 e. The van der Waals surface area contributed by atoms with Gasteiger partial charge in [0, 0.05) is 35.4 Å². The molecule has 0 aliphatic rings. The van der Waals surface area contributed by atoms with Gasteiger partial charge in [-0.05, 0) is 25.0 Å². The quantitative estimate of drug-likeness (QED) is 0.580. The summed E-state index contributed by atoms with van der Waals surface area (Å²) < 4.78 is 5.85. The second kappa shape index (κ2) is 6.87. The number of nitrogens with zero attached hydrogens (tertiary/aromatic N) is 2. The van der Waals surface area contributed by atoms with E-state index < -0.39 is 9.85 Å². The van der Waals surface area contributed by atoms with Crippen molar-refractivity contribution in [3.63, 3.8) is 0 Å². The van der Waals surface area contributed by atoms with E-state index in [0.29, 0.717) is 35.5 Å². The minimum atomic E-state index is -0.452. The van der Waals surface area contributed by atoms with E-state index in [1.54, 1.807) is 12.1 Å². The first-order valence-corrected chi connectivity index (χ1v) is 7.18. The lowest BCUT2D eigenvalue weighted by Gasteiger charge is -2.13. The van der Waals surface area contributed by atoms with Crippen molar-refractivity contribution < 1.29 is 14.6 Å². The fourth-order valence-electron chi connectivity index (χ4n) is 2.23. The fourth-order valence-corrected chi connectivity index (χ4v) is 2.23. The Morgan fingerprint density at radius 2 is 1.22 bits per heavy atom. The molecule has 0 bridgehead atoms. The van der Waals surface area contributed by atoms with Crippen LogP contribution in [0.15, 0.2) is 36.4 Å². The predicted octanol–water partition coefficient (Wildman–Crippen LogP) is 4.42. The highest BCUT2D eigenvalue weighted by Gasteiger charge is 2.15. The van der Waals surface area contributed by atoms with E-state index in [1.807, 2.05) is 13.8 Å². The van der Waals surface area contributed by atoms with Gasteiger partial charge in [-0.3, -0.25) is 20.2 Å². The third-order valence-electron chi connectivity index (χ3n) is 3.49. The molecule has 120 valence electrons. The lowest BCUT2D eigenvalue weighted by atomic mass is 10.1.